The van der Waals surface area contributed by atoms with Crippen molar-refractivity contribution in [1.82, 2.24) is 14.9 Å². The van der Waals surface area contributed by atoms with Gasteiger partial charge in [0.1, 0.15) is 5.82 Å². The lowest BCUT2D eigenvalue weighted by Crippen LogP contribution is -2.30. The molecule has 2 unspecified atom stereocenters. The summed E-state index contributed by atoms with van der Waals surface area (Å²) in [5, 5.41) is 3.68. The Bertz CT molecular complexity index is 504. The number of rotatable bonds is 7. The lowest BCUT2D eigenvalue weighted by molar-refractivity contribution is 0.409. The predicted molar refractivity (Wildman–Crippen MR) is 83.7 cm³/mol. The summed E-state index contributed by atoms with van der Waals surface area (Å²) in [5.74, 6) is 1.57. The molecule has 20 heavy (non-hydrogen) atoms. The lowest BCUT2D eigenvalue weighted by atomic mass is 9.88. The summed E-state index contributed by atoms with van der Waals surface area (Å²) in [5.41, 5.74) is 1.38. The van der Waals surface area contributed by atoms with Gasteiger partial charge in [-0.25, -0.2) is 4.98 Å². The minimum atomic E-state index is 0.266. The molecule has 2 rings (SSSR count). The molecule has 1 heterocycles. The van der Waals surface area contributed by atoms with E-state index in [4.69, 9.17) is 0 Å². The highest BCUT2D eigenvalue weighted by atomic mass is 15.1. The van der Waals surface area contributed by atoms with Crippen LogP contribution in [0.4, 0.5) is 0 Å². The van der Waals surface area contributed by atoms with Crippen molar-refractivity contribution in [2.24, 2.45) is 7.05 Å². The van der Waals surface area contributed by atoms with Gasteiger partial charge in [0.25, 0.3) is 0 Å². The van der Waals surface area contributed by atoms with Crippen molar-refractivity contribution in [3.63, 3.8) is 0 Å². The van der Waals surface area contributed by atoms with Crippen LogP contribution >= 0.6 is 0 Å². The third-order valence-electron chi connectivity index (χ3n) is 3.82. The van der Waals surface area contributed by atoms with E-state index in [1.54, 1.807) is 0 Å². The predicted octanol–water partition coefficient (Wildman–Crippen LogP) is 3.65. The molecule has 3 nitrogen and oxygen atoms in total. The van der Waals surface area contributed by atoms with Crippen molar-refractivity contribution >= 4 is 0 Å². The van der Waals surface area contributed by atoms with Crippen molar-refractivity contribution in [1.29, 1.82) is 0 Å². The Labute approximate surface area is 122 Å². The zero-order valence-corrected chi connectivity index (χ0v) is 12.7. The number of nitrogens with one attached hydrogen (secondary N) is 1. The van der Waals surface area contributed by atoms with Crippen LogP contribution in [-0.4, -0.2) is 16.1 Å². The Kier molecular flexibility index (Phi) is 5.36. The Hall–Kier alpha value is -1.61. The SMILES string of the molecule is CCCNC(c1nccn1C)C(CC)c1ccccc1. The second-order valence-corrected chi connectivity index (χ2v) is 5.25. The fourth-order valence-corrected chi connectivity index (χ4v) is 2.75. The highest BCUT2D eigenvalue weighted by Crippen LogP contribution is 2.32. The quantitative estimate of drug-likeness (QED) is 0.833. The highest BCUT2D eigenvalue weighted by molar-refractivity contribution is 5.23. The van der Waals surface area contributed by atoms with Gasteiger partial charge in [0.15, 0.2) is 0 Å². The molecule has 1 aromatic carbocycles. The van der Waals surface area contributed by atoms with Gasteiger partial charge >= 0.3 is 0 Å². The van der Waals surface area contributed by atoms with Crippen LogP contribution in [0.15, 0.2) is 42.7 Å². The molecule has 0 aliphatic carbocycles. The van der Waals surface area contributed by atoms with E-state index >= 15 is 0 Å². The third-order valence-corrected chi connectivity index (χ3v) is 3.82. The molecule has 108 valence electrons. The molecule has 1 N–H and O–H groups in total. The van der Waals surface area contributed by atoms with Gasteiger partial charge in [-0.1, -0.05) is 44.2 Å². The topological polar surface area (TPSA) is 29.9 Å². The van der Waals surface area contributed by atoms with Crippen LogP contribution in [0.1, 0.15) is 50.0 Å². The first kappa shape index (κ1) is 14.8. The molecule has 0 aliphatic rings. The first-order chi connectivity index (χ1) is 9.77. The zero-order chi connectivity index (χ0) is 14.4. The molecule has 0 radical (unpaired) electrons. The molecule has 0 bridgehead atoms. The molecule has 0 saturated heterocycles. The van der Waals surface area contributed by atoms with Crippen molar-refractivity contribution in [3.8, 4) is 0 Å². The third kappa shape index (κ3) is 3.28. The number of hydrogen-bond donors (Lipinski definition) is 1. The van der Waals surface area contributed by atoms with Crippen molar-refractivity contribution in [2.75, 3.05) is 6.54 Å². The van der Waals surface area contributed by atoms with E-state index in [9.17, 15) is 0 Å². The Morgan fingerprint density at radius 3 is 2.50 bits per heavy atom. The zero-order valence-electron chi connectivity index (χ0n) is 12.7. The van der Waals surface area contributed by atoms with Crippen LogP contribution in [0.25, 0.3) is 0 Å². The van der Waals surface area contributed by atoms with Gasteiger partial charge in [-0.15, -0.1) is 0 Å². The minimum Gasteiger partial charge on any atom is -0.337 e. The second-order valence-electron chi connectivity index (χ2n) is 5.25. The molecular formula is C17H25N3. The Morgan fingerprint density at radius 2 is 1.95 bits per heavy atom. The lowest BCUT2D eigenvalue weighted by Gasteiger charge is -2.27. The maximum absolute atomic E-state index is 4.56. The average Bonchev–Trinajstić information content (AvgIpc) is 2.90. The number of hydrogen-bond acceptors (Lipinski definition) is 2. The minimum absolute atomic E-state index is 0.266. The first-order valence-corrected chi connectivity index (χ1v) is 7.53. The van der Waals surface area contributed by atoms with Gasteiger partial charge in [-0.3, -0.25) is 0 Å². The van der Waals surface area contributed by atoms with Crippen LogP contribution in [0.3, 0.4) is 0 Å². The van der Waals surface area contributed by atoms with Gasteiger partial charge in [0, 0.05) is 25.4 Å². The molecule has 2 atom stereocenters. The van der Waals surface area contributed by atoms with Gasteiger partial charge in [0.2, 0.25) is 0 Å². The maximum atomic E-state index is 4.56. The summed E-state index contributed by atoms with van der Waals surface area (Å²) in [6.07, 6.45) is 6.13. The largest absolute Gasteiger partial charge is 0.337 e. The van der Waals surface area contributed by atoms with Crippen molar-refractivity contribution in [3.05, 3.63) is 54.1 Å². The fraction of sp³-hybridized carbons (Fsp3) is 0.471. The van der Waals surface area contributed by atoms with Gasteiger partial charge in [0.05, 0.1) is 6.04 Å². The summed E-state index contributed by atoms with van der Waals surface area (Å²) in [6.45, 7) is 5.47. The molecule has 3 heteroatoms. The Balaban J connectivity index is 2.31. The monoisotopic (exact) mass is 271 g/mol. The van der Waals surface area contributed by atoms with Crippen LogP contribution in [0, 0.1) is 0 Å². The summed E-state index contributed by atoms with van der Waals surface area (Å²) in [4.78, 5) is 4.56. The van der Waals surface area contributed by atoms with Gasteiger partial charge < -0.3 is 9.88 Å². The molecule has 2 aromatic rings. The molecule has 0 spiro atoms. The van der Waals surface area contributed by atoms with E-state index < -0.39 is 0 Å². The number of aromatic nitrogens is 2. The standard InChI is InChI=1S/C17H25N3/c1-4-11-18-16(17-19-12-13-20(17)3)15(5-2)14-9-7-6-8-10-14/h6-10,12-13,15-16,18H,4-5,11H2,1-3H3. The van der Waals surface area contributed by atoms with Crippen LogP contribution < -0.4 is 5.32 Å². The molecule has 0 fully saturated rings. The number of nitrogens with zero attached hydrogens (tertiary/aromatic N) is 2. The van der Waals surface area contributed by atoms with Crippen LogP contribution in [0.2, 0.25) is 0 Å². The van der Waals surface area contributed by atoms with E-state index in [1.165, 1.54) is 5.56 Å². The molecule has 0 aliphatic heterocycles. The van der Waals surface area contributed by atoms with Gasteiger partial charge in [-0.05, 0) is 24.9 Å². The summed E-state index contributed by atoms with van der Waals surface area (Å²) < 4.78 is 2.12. The molecule has 1 aromatic heterocycles. The molecular weight excluding hydrogens is 246 g/mol. The van der Waals surface area contributed by atoms with E-state index in [0.29, 0.717) is 5.92 Å². The normalized spacial score (nSPS) is 14.2. The first-order valence-electron chi connectivity index (χ1n) is 7.53. The van der Waals surface area contributed by atoms with E-state index in [1.807, 2.05) is 12.4 Å². The summed E-state index contributed by atoms with van der Waals surface area (Å²) >= 11 is 0. The van der Waals surface area contributed by atoms with Crippen LogP contribution in [-0.2, 0) is 7.05 Å². The van der Waals surface area contributed by atoms with E-state index in [2.05, 4.69) is 66.1 Å². The van der Waals surface area contributed by atoms with E-state index in [-0.39, 0.29) is 6.04 Å². The smallest absolute Gasteiger partial charge is 0.126 e. The number of imidazole rings is 1. The van der Waals surface area contributed by atoms with E-state index in [0.717, 1.165) is 25.2 Å². The molecule has 0 saturated carbocycles. The van der Waals surface area contributed by atoms with Crippen molar-refractivity contribution in [2.45, 2.75) is 38.6 Å². The summed E-state index contributed by atoms with van der Waals surface area (Å²) in [7, 11) is 2.07. The van der Waals surface area contributed by atoms with Gasteiger partial charge in [-0.2, -0.15) is 0 Å². The van der Waals surface area contributed by atoms with Crippen molar-refractivity contribution < 1.29 is 0 Å². The average molecular weight is 271 g/mol. The maximum Gasteiger partial charge on any atom is 0.126 e. The number of aryl methyl sites for hydroxylation is 1. The number of benzene rings is 1. The second kappa shape index (κ2) is 7.25. The highest BCUT2D eigenvalue weighted by Gasteiger charge is 2.25. The fourth-order valence-electron chi connectivity index (χ4n) is 2.75. The summed E-state index contributed by atoms with van der Waals surface area (Å²) in [6, 6.07) is 11.0. The Morgan fingerprint density at radius 1 is 1.20 bits per heavy atom. The van der Waals surface area contributed by atoms with Crippen LogP contribution in [0.5, 0.6) is 0 Å². The molecule has 0 amide bonds.